The largest absolute Gasteiger partial charge is 0.459 e. The Morgan fingerprint density at radius 3 is 2.12 bits per heavy atom. The van der Waals surface area contributed by atoms with Gasteiger partial charge in [0.15, 0.2) is 0 Å². The third-order valence-electron chi connectivity index (χ3n) is 2.10. The summed E-state index contributed by atoms with van der Waals surface area (Å²) in [5, 5.41) is 17.6. The highest BCUT2D eigenvalue weighted by Crippen LogP contribution is 2.17. The number of rotatable bonds is 8. The van der Waals surface area contributed by atoms with Crippen molar-refractivity contribution < 1.29 is 24.6 Å². The van der Waals surface area contributed by atoms with Crippen molar-refractivity contribution >= 4 is 28.6 Å². The van der Waals surface area contributed by atoms with Crippen LogP contribution in [0.4, 0.5) is 0 Å². The first-order valence-corrected chi connectivity index (χ1v) is 6.41. The maximum atomic E-state index is 11.4. The molecule has 6 heteroatoms. The van der Waals surface area contributed by atoms with Gasteiger partial charge in [0.1, 0.15) is 29.7 Å². The van der Waals surface area contributed by atoms with E-state index in [1.807, 2.05) is 22.6 Å². The monoisotopic (exact) mass is 346 g/mol. The number of ether oxygens (including phenoxy) is 1. The summed E-state index contributed by atoms with van der Waals surface area (Å²) in [5.41, 5.74) is 0. The van der Waals surface area contributed by atoms with Gasteiger partial charge in [-0.25, -0.2) is 0 Å². The van der Waals surface area contributed by atoms with Crippen LogP contribution in [0.2, 0.25) is 0 Å². The molecule has 0 unspecified atom stereocenters. The molecule has 0 bridgehead atoms. The molecule has 96 valence electrons. The normalized spacial score (nSPS) is 11.9. The van der Waals surface area contributed by atoms with Gasteiger partial charge in [-0.15, -0.1) is 0 Å². The van der Waals surface area contributed by atoms with Gasteiger partial charge >= 0.3 is 5.97 Å². The number of quaternary nitrogens is 1. The summed E-state index contributed by atoms with van der Waals surface area (Å²) in [4.78, 5) is 12.5. The zero-order valence-electron chi connectivity index (χ0n) is 9.83. The van der Waals surface area contributed by atoms with Crippen LogP contribution in [0.1, 0.15) is 13.8 Å². The lowest BCUT2D eigenvalue weighted by Crippen LogP contribution is -3.13. The molecule has 0 fully saturated rings. The molecule has 0 spiro atoms. The summed E-state index contributed by atoms with van der Waals surface area (Å²) in [5.74, 6) is -0.236. The van der Waals surface area contributed by atoms with E-state index in [1.165, 1.54) is 0 Å². The highest BCUT2D eigenvalue weighted by atomic mass is 127. The summed E-state index contributed by atoms with van der Waals surface area (Å²) in [6.07, 6.45) is 0. The molecule has 0 rings (SSSR count). The van der Waals surface area contributed by atoms with Gasteiger partial charge in [-0.2, -0.15) is 0 Å². The number of nitrogens with one attached hydrogen (secondary N) is 1. The number of carbonyl (C=O) groups excluding carboxylic acids is 1. The van der Waals surface area contributed by atoms with Gasteiger partial charge in [0.25, 0.3) is 0 Å². The Labute approximate surface area is 110 Å². The van der Waals surface area contributed by atoms with Gasteiger partial charge in [-0.3, -0.25) is 4.79 Å². The molecule has 3 N–H and O–H groups in total. The molecule has 0 atom stereocenters. The van der Waals surface area contributed by atoms with E-state index in [-0.39, 0.29) is 19.2 Å². The first-order chi connectivity index (χ1) is 7.41. The summed E-state index contributed by atoms with van der Waals surface area (Å²) in [6.45, 7) is 5.78. The lowest BCUT2D eigenvalue weighted by molar-refractivity contribution is -0.900. The van der Waals surface area contributed by atoms with Crippen molar-refractivity contribution in [2.24, 2.45) is 0 Å². The smallest absolute Gasteiger partial charge is 0.321 e. The zero-order chi connectivity index (χ0) is 12.6. The van der Waals surface area contributed by atoms with Crippen molar-refractivity contribution in [2.75, 3.05) is 39.5 Å². The molecular weight excluding hydrogens is 325 g/mol. The number of carbonyl (C=O) groups is 1. The predicted octanol–water partition coefficient (Wildman–Crippen LogP) is -1.39. The number of halogens is 1. The van der Waals surface area contributed by atoms with Crippen molar-refractivity contribution in [1.29, 1.82) is 0 Å². The molecule has 0 saturated heterocycles. The van der Waals surface area contributed by atoms with E-state index in [9.17, 15) is 4.79 Å². The minimum atomic E-state index is -0.508. The summed E-state index contributed by atoms with van der Waals surface area (Å²) in [7, 11) is 0. The fourth-order valence-electron chi connectivity index (χ4n) is 1.15. The van der Waals surface area contributed by atoms with E-state index in [2.05, 4.69) is 0 Å². The minimum Gasteiger partial charge on any atom is -0.459 e. The van der Waals surface area contributed by atoms with Crippen LogP contribution >= 0.6 is 22.6 Å². The van der Waals surface area contributed by atoms with E-state index < -0.39 is 3.42 Å². The van der Waals surface area contributed by atoms with Crippen LogP contribution in [-0.2, 0) is 9.53 Å². The van der Waals surface area contributed by atoms with Gasteiger partial charge in [-0.1, -0.05) is 22.6 Å². The molecule has 0 saturated carbocycles. The van der Waals surface area contributed by atoms with Crippen LogP contribution in [0.3, 0.4) is 0 Å². The summed E-state index contributed by atoms with van der Waals surface area (Å²) >= 11 is 2.03. The second-order valence-electron chi connectivity index (χ2n) is 4.06. The van der Waals surface area contributed by atoms with E-state index in [0.29, 0.717) is 26.2 Å². The number of alkyl halides is 1. The predicted molar refractivity (Wildman–Crippen MR) is 68.8 cm³/mol. The molecule has 0 heterocycles. The van der Waals surface area contributed by atoms with Crippen molar-refractivity contribution in [3.05, 3.63) is 0 Å². The third-order valence-corrected chi connectivity index (χ3v) is 2.55. The Balaban J connectivity index is 3.81. The molecule has 0 aromatic heterocycles. The first-order valence-electron chi connectivity index (χ1n) is 5.33. The van der Waals surface area contributed by atoms with Crippen LogP contribution < -0.4 is 4.90 Å². The van der Waals surface area contributed by atoms with Gasteiger partial charge in [0.2, 0.25) is 0 Å². The topological polar surface area (TPSA) is 71.2 Å². The second-order valence-corrected chi connectivity index (χ2v) is 6.75. The Morgan fingerprint density at radius 2 is 1.75 bits per heavy atom. The van der Waals surface area contributed by atoms with E-state index in [4.69, 9.17) is 14.9 Å². The third kappa shape index (κ3) is 7.37. The van der Waals surface area contributed by atoms with E-state index in [0.717, 1.165) is 4.90 Å². The summed E-state index contributed by atoms with van der Waals surface area (Å²) < 4.78 is 4.59. The Hall–Kier alpha value is 0.0800. The Bertz CT molecular complexity index is 199. The van der Waals surface area contributed by atoms with E-state index in [1.54, 1.807) is 13.8 Å². The van der Waals surface area contributed by atoms with Crippen LogP contribution in [-0.4, -0.2) is 59.1 Å². The highest BCUT2D eigenvalue weighted by Gasteiger charge is 2.25. The standard InChI is InChI=1S/C10H20INO4/c1-10(2,11)9(15)16-8-5-12(3-6-13)4-7-14/h13-14H,3-8H2,1-2H3/p+1. The molecule has 16 heavy (non-hydrogen) atoms. The average molecular weight is 346 g/mol. The number of aliphatic hydroxyl groups is 2. The number of aliphatic hydroxyl groups excluding tert-OH is 2. The fourth-order valence-corrected chi connectivity index (χ4v) is 1.31. The van der Waals surface area contributed by atoms with Crippen molar-refractivity contribution in [3.63, 3.8) is 0 Å². The maximum absolute atomic E-state index is 11.4. The molecule has 0 amide bonds. The van der Waals surface area contributed by atoms with Crippen molar-refractivity contribution in [2.45, 2.75) is 17.3 Å². The number of hydrogen-bond donors (Lipinski definition) is 3. The molecule has 0 aromatic carbocycles. The molecule has 0 aliphatic rings. The van der Waals surface area contributed by atoms with Crippen molar-refractivity contribution in [1.82, 2.24) is 0 Å². The summed E-state index contributed by atoms with van der Waals surface area (Å²) in [6, 6.07) is 0. The fraction of sp³-hybridized carbons (Fsp3) is 0.900. The molecule has 0 aliphatic carbocycles. The maximum Gasteiger partial charge on any atom is 0.321 e. The zero-order valence-corrected chi connectivity index (χ0v) is 12.0. The molecule has 0 aromatic rings. The van der Waals surface area contributed by atoms with Crippen LogP contribution in [0.5, 0.6) is 0 Å². The number of esters is 1. The minimum absolute atomic E-state index is 0.0705. The first kappa shape index (κ1) is 16.1. The van der Waals surface area contributed by atoms with Gasteiger partial charge in [0.05, 0.1) is 13.2 Å². The SMILES string of the molecule is CC(C)(I)C(=O)OCC[NH+](CCO)CCO. The molecule has 0 radical (unpaired) electrons. The van der Waals surface area contributed by atoms with Gasteiger partial charge in [0, 0.05) is 0 Å². The molecule has 5 nitrogen and oxygen atoms in total. The number of hydrogen-bond acceptors (Lipinski definition) is 4. The Morgan fingerprint density at radius 1 is 1.25 bits per heavy atom. The molecule has 0 aliphatic heterocycles. The lowest BCUT2D eigenvalue weighted by Gasteiger charge is -2.19. The van der Waals surface area contributed by atoms with Crippen LogP contribution in [0.15, 0.2) is 0 Å². The quantitative estimate of drug-likeness (QED) is 0.288. The molecular formula is C10H21INO4+. The average Bonchev–Trinajstić information content (AvgIpc) is 2.16. The lowest BCUT2D eigenvalue weighted by atomic mass is 10.2. The Kier molecular flexibility index (Phi) is 8.25. The van der Waals surface area contributed by atoms with E-state index >= 15 is 0 Å². The van der Waals surface area contributed by atoms with Crippen LogP contribution in [0, 0.1) is 0 Å². The van der Waals surface area contributed by atoms with Crippen molar-refractivity contribution in [3.8, 4) is 0 Å². The highest BCUT2D eigenvalue weighted by molar-refractivity contribution is 14.1. The second kappa shape index (κ2) is 8.21. The van der Waals surface area contributed by atoms with Crippen LogP contribution in [0.25, 0.3) is 0 Å². The van der Waals surface area contributed by atoms with Gasteiger partial charge < -0.3 is 19.8 Å². The van der Waals surface area contributed by atoms with Gasteiger partial charge in [-0.05, 0) is 13.8 Å².